The van der Waals surface area contributed by atoms with Crippen molar-refractivity contribution in [1.29, 1.82) is 0 Å². The lowest BCUT2D eigenvalue weighted by atomic mass is 9.86. The Morgan fingerprint density at radius 2 is 1.80 bits per heavy atom. The molecule has 0 aliphatic carbocycles. The fourth-order valence-corrected chi connectivity index (χ4v) is 3.79. The Bertz CT molecular complexity index is 884. The van der Waals surface area contributed by atoms with Crippen LogP contribution < -0.4 is 9.64 Å². The van der Waals surface area contributed by atoms with Gasteiger partial charge >= 0.3 is 6.18 Å². The molecule has 1 aliphatic rings. The van der Waals surface area contributed by atoms with Crippen LogP contribution in [0.2, 0.25) is 0 Å². The summed E-state index contributed by atoms with van der Waals surface area (Å²) in [5.74, 6) is -0.780. The number of alkyl halides is 3. The zero-order valence-electron chi connectivity index (χ0n) is 16.9. The van der Waals surface area contributed by atoms with Gasteiger partial charge in [0.25, 0.3) is 5.91 Å². The Balaban J connectivity index is 0.00000320. The van der Waals surface area contributed by atoms with E-state index >= 15 is 0 Å². The molecule has 0 aromatic heterocycles. The van der Waals surface area contributed by atoms with E-state index in [2.05, 4.69) is 0 Å². The lowest BCUT2D eigenvalue weighted by molar-refractivity contribution is -0.138. The van der Waals surface area contributed by atoms with Crippen molar-refractivity contribution in [3.8, 4) is 5.75 Å². The summed E-state index contributed by atoms with van der Waals surface area (Å²) in [5.41, 5.74) is 0.0603. The number of aliphatic hydroxyl groups is 1. The van der Waals surface area contributed by atoms with E-state index in [1.165, 1.54) is 24.1 Å². The average molecular weight is 444 g/mol. The van der Waals surface area contributed by atoms with Crippen LogP contribution in [-0.4, -0.2) is 30.8 Å². The Morgan fingerprint density at radius 3 is 2.33 bits per heavy atom. The SMILES string of the molecule is COc1ccc([C@@H]2Cc3c(cccc3C(F)(F)F)N(CC(C)C)C(=O)[C@@H]2O)cc1.Cl. The molecule has 0 radical (unpaired) electrons. The summed E-state index contributed by atoms with van der Waals surface area (Å²) in [6.45, 7) is 3.97. The summed E-state index contributed by atoms with van der Waals surface area (Å²) in [4.78, 5) is 14.4. The topological polar surface area (TPSA) is 49.8 Å². The minimum atomic E-state index is -4.56. The van der Waals surface area contributed by atoms with Gasteiger partial charge in [-0.2, -0.15) is 13.2 Å². The second-order valence-corrected chi connectivity index (χ2v) is 7.67. The molecule has 8 heteroatoms. The van der Waals surface area contributed by atoms with E-state index in [4.69, 9.17) is 4.74 Å². The highest BCUT2D eigenvalue weighted by atomic mass is 35.5. The summed E-state index contributed by atoms with van der Waals surface area (Å²) < 4.78 is 46.3. The van der Waals surface area contributed by atoms with Crippen LogP contribution in [0.3, 0.4) is 0 Å². The first-order valence-corrected chi connectivity index (χ1v) is 9.46. The lowest BCUT2D eigenvalue weighted by Crippen LogP contribution is -2.42. The van der Waals surface area contributed by atoms with Gasteiger partial charge in [0.2, 0.25) is 0 Å². The van der Waals surface area contributed by atoms with Crippen LogP contribution in [0.4, 0.5) is 18.9 Å². The molecule has 0 saturated carbocycles. The van der Waals surface area contributed by atoms with Gasteiger partial charge in [-0.05, 0) is 47.7 Å². The smallest absolute Gasteiger partial charge is 0.416 e. The van der Waals surface area contributed by atoms with Crippen LogP contribution in [0.25, 0.3) is 0 Å². The molecule has 2 aromatic carbocycles. The Hall–Kier alpha value is -2.25. The fraction of sp³-hybridized carbons (Fsp3) is 0.409. The van der Waals surface area contributed by atoms with Crippen LogP contribution in [-0.2, 0) is 17.4 Å². The highest BCUT2D eigenvalue weighted by molar-refractivity contribution is 5.99. The number of carbonyl (C=O) groups is 1. The van der Waals surface area contributed by atoms with E-state index in [0.717, 1.165) is 6.07 Å². The van der Waals surface area contributed by atoms with E-state index in [-0.39, 0.29) is 42.5 Å². The number of nitrogens with zero attached hydrogens (tertiary/aromatic N) is 1. The highest BCUT2D eigenvalue weighted by Crippen LogP contribution is 2.42. The Kier molecular flexibility index (Phi) is 7.42. The Morgan fingerprint density at radius 1 is 1.17 bits per heavy atom. The van der Waals surface area contributed by atoms with E-state index in [0.29, 0.717) is 11.3 Å². The minimum Gasteiger partial charge on any atom is -0.497 e. The first-order valence-electron chi connectivity index (χ1n) is 9.46. The van der Waals surface area contributed by atoms with E-state index in [9.17, 15) is 23.1 Å². The molecule has 1 N–H and O–H groups in total. The third kappa shape index (κ3) is 4.73. The van der Waals surface area contributed by atoms with Gasteiger partial charge < -0.3 is 14.7 Å². The number of halogens is 4. The van der Waals surface area contributed by atoms with Gasteiger partial charge in [0, 0.05) is 18.2 Å². The zero-order valence-corrected chi connectivity index (χ0v) is 17.8. The molecule has 1 aliphatic heterocycles. The number of carbonyl (C=O) groups excluding carboxylic acids is 1. The molecule has 0 bridgehead atoms. The number of fused-ring (bicyclic) bond motifs is 1. The number of hydrogen-bond acceptors (Lipinski definition) is 3. The van der Waals surface area contributed by atoms with E-state index in [1.807, 2.05) is 13.8 Å². The van der Waals surface area contributed by atoms with Gasteiger partial charge in [-0.3, -0.25) is 4.79 Å². The summed E-state index contributed by atoms with van der Waals surface area (Å²) in [7, 11) is 1.51. The highest BCUT2D eigenvalue weighted by Gasteiger charge is 2.42. The molecular weight excluding hydrogens is 419 g/mol. The Labute approximate surface area is 180 Å². The van der Waals surface area contributed by atoms with Crippen LogP contribution in [0.5, 0.6) is 5.75 Å². The van der Waals surface area contributed by atoms with Crippen LogP contribution >= 0.6 is 12.4 Å². The number of aliphatic hydroxyl groups excluding tert-OH is 1. The van der Waals surface area contributed by atoms with Gasteiger partial charge in [-0.25, -0.2) is 0 Å². The second kappa shape index (κ2) is 9.27. The molecule has 1 amide bonds. The number of rotatable bonds is 4. The number of anilines is 1. The molecule has 3 rings (SSSR count). The van der Waals surface area contributed by atoms with Crippen molar-refractivity contribution >= 4 is 24.0 Å². The maximum atomic E-state index is 13.7. The van der Waals surface area contributed by atoms with Crippen molar-refractivity contribution in [2.45, 2.75) is 38.5 Å². The van der Waals surface area contributed by atoms with Gasteiger partial charge in [0.05, 0.1) is 12.7 Å². The normalized spacial score (nSPS) is 19.2. The number of benzene rings is 2. The van der Waals surface area contributed by atoms with E-state index in [1.54, 1.807) is 24.3 Å². The quantitative estimate of drug-likeness (QED) is 0.736. The maximum absolute atomic E-state index is 13.7. The molecule has 0 spiro atoms. The van der Waals surface area contributed by atoms with Crippen molar-refractivity contribution in [2.75, 3.05) is 18.6 Å². The van der Waals surface area contributed by atoms with Crippen molar-refractivity contribution in [3.05, 3.63) is 59.2 Å². The summed E-state index contributed by atoms with van der Waals surface area (Å²) >= 11 is 0. The number of hydrogen-bond donors (Lipinski definition) is 1. The van der Waals surface area contributed by atoms with E-state index < -0.39 is 29.7 Å². The summed E-state index contributed by atoms with van der Waals surface area (Å²) in [6.07, 6.45) is -6.10. The van der Waals surface area contributed by atoms with Crippen molar-refractivity contribution < 1.29 is 27.8 Å². The lowest BCUT2D eigenvalue weighted by Gasteiger charge is -2.27. The third-order valence-corrected chi connectivity index (χ3v) is 5.16. The molecule has 0 fully saturated rings. The number of amides is 1. The minimum absolute atomic E-state index is 0. The van der Waals surface area contributed by atoms with Crippen LogP contribution in [0.1, 0.15) is 36.5 Å². The molecule has 1 heterocycles. The van der Waals surface area contributed by atoms with Crippen molar-refractivity contribution in [1.82, 2.24) is 0 Å². The zero-order chi connectivity index (χ0) is 21.3. The fourth-order valence-electron chi connectivity index (χ4n) is 3.79. The molecule has 2 aromatic rings. The standard InChI is InChI=1S/C22H24F3NO3.ClH/c1-13(2)12-26-19-6-4-5-18(22(23,24)25)17(19)11-16(20(27)21(26)28)14-7-9-15(29-3)10-8-14;/h4-10,13,16,20,27H,11-12H2,1-3H3;1H/t16-,20+;/m0./s1. The summed E-state index contributed by atoms with van der Waals surface area (Å²) in [6, 6.07) is 10.5. The molecule has 0 unspecified atom stereocenters. The first-order chi connectivity index (χ1) is 13.6. The monoisotopic (exact) mass is 443 g/mol. The van der Waals surface area contributed by atoms with Gasteiger partial charge in [-0.1, -0.05) is 32.0 Å². The number of methoxy groups -OCH3 is 1. The molecule has 4 nitrogen and oxygen atoms in total. The number of ether oxygens (including phenoxy) is 1. The van der Waals surface area contributed by atoms with Crippen LogP contribution in [0.15, 0.2) is 42.5 Å². The van der Waals surface area contributed by atoms with Crippen molar-refractivity contribution in [3.63, 3.8) is 0 Å². The molecule has 0 saturated heterocycles. The molecule has 30 heavy (non-hydrogen) atoms. The predicted octanol–water partition coefficient (Wildman–Crippen LogP) is 4.83. The molecular formula is C22H25ClF3NO3. The predicted molar refractivity (Wildman–Crippen MR) is 111 cm³/mol. The molecule has 2 atom stereocenters. The van der Waals surface area contributed by atoms with Gasteiger partial charge in [0.1, 0.15) is 11.9 Å². The van der Waals surface area contributed by atoms with Crippen molar-refractivity contribution in [2.24, 2.45) is 5.92 Å². The molecule has 164 valence electrons. The second-order valence-electron chi connectivity index (χ2n) is 7.67. The van der Waals surface area contributed by atoms with Gasteiger partial charge in [-0.15, -0.1) is 12.4 Å². The first kappa shape index (κ1) is 24.0. The van der Waals surface area contributed by atoms with Crippen LogP contribution in [0, 0.1) is 5.92 Å². The largest absolute Gasteiger partial charge is 0.497 e. The summed E-state index contributed by atoms with van der Waals surface area (Å²) in [5, 5.41) is 10.8. The average Bonchev–Trinajstić information content (AvgIpc) is 2.77. The third-order valence-electron chi connectivity index (χ3n) is 5.16. The maximum Gasteiger partial charge on any atom is 0.416 e. The van der Waals surface area contributed by atoms with Gasteiger partial charge in [0.15, 0.2) is 0 Å².